The van der Waals surface area contributed by atoms with Crippen LogP contribution in [-0.4, -0.2) is 60.1 Å². The molecular weight excluding hydrogens is 366 g/mol. The molecule has 1 aromatic rings. The third-order valence-electron chi connectivity index (χ3n) is 4.35. The normalized spacial score (nSPS) is 17.1. The Morgan fingerprint density at radius 1 is 1.15 bits per heavy atom. The summed E-state index contributed by atoms with van der Waals surface area (Å²) in [6.07, 6.45) is 0.532. The lowest BCUT2D eigenvalue weighted by Crippen LogP contribution is -2.41. The molecule has 0 aromatic heterocycles. The minimum absolute atomic E-state index is 0.0248. The predicted molar refractivity (Wildman–Crippen MR) is 107 cm³/mol. The summed E-state index contributed by atoms with van der Waals surface area (Å²) in [6, 6.07) is 7.38. The van der Waals surface area contributed by atoms with E-state index in [9.17, 15) is 9.59 Å². The van der Waals surface area contributed by atoms with E-state index in [1.54, 1.807) is 4.90 Å². The highest BCUT2D eigenvalue weighted by molar-refractivity contribution is 6.30. The smallest absolute Gasteiger partial charge is 0.410 e. The fourth-order valence-electron chi connectivity index (χ4n) is 2.96. The van der Waals surface area contributed by atoms with Crippen LogP contribution in [0.4, 0.5) is 4.79 Å². The molecule has 1 N–H and O–H groups in total. The number of halogens is 1. The van der Waals surface area contributed by atoms with Crippen molar-refractivity contribution in [1.29, 1.82) is 0 Å². The molecule has 0 bridgehead atoms. The minimum atomic E-state index is -0.499. The molecule has 27 heavy (non-hydrogen) atoms. The Hall–Kier alpha value is -1.79. The van der Waals surface area contributed by atoms with E-state index in [4.69, 9.17) is 16.3 Å². The first-order valence-corrected chi connectivity index (χ1v) is 9.77. The van der Waals surface area contributed by atoms with Gasteiger partial charge in [0.25, 0.3) is 0 Å². The van der Waals surface area contributed by atoms with Gasteiger partial charge in [-0.05, 0) is 51.8 Å². The summed E-state index contributed by atoms with van der Waals surface area (Å²) in [7, 11) is 0. The number of hydrogen-bond donors (Lipinski definition) is 1. The van der Waals surface area contributed by atoms with E-state index in [0.717, 1.165) is 18.5 Å². The van der Waals surface area contributed by atoms with Crippen molar-refractivity contribution >= 4 is 23.6 Å². The molecule has 1 heterocycles. The van der Waals surface area contributed by atoms with Gasteiger partial charge in [0.15, 0.2) is 0 Å². The number of nitrogens with one attached hydrogen (secondary N) is 1. The number of hydrogen-bond acceptors (Lipinski definition) is 4. The van der Waals surface area contributed by atoms with E-state index in [2.05, 4.69) is 10.2 Å². The Kier molecular flexibility index (Phi) is 7.50. The van der Waals surface area contributed by atoms with Crippen LogP contribution >= 0.6 is 11.6 Å². The van der Waals surface area contributed by atoms with Crippen LogP contribution in [0.2, 0.25) is 5.02 Å². The van der Waals surface area contributed by atoms with E-state index in [1.807, 2.05) is 52.0 Å². The molecule has 1 aliphatic rings. The first kappa shape index (κ1) is 21.5. The highest BCUT2D eigenvalue weighted by Crippen LogP contribution is 2.16. The van der Waals surface area contributed by atoms with Crippen molar-refractivity contribution in [2.24, 2.45) is 0 Å². The molecule has 150 valence electrons. The second-order valence-electron chi connectivity index (χ2n) is 7.94. The van der Waals surface area contributed by atoms with Crippen molar-refractivity contribution in [3.8, 4) is 0 Å². The zero-order valence-electron chi connectivity index (χ0n) is 16.6. The Balaban J connectivity index is 1.81. The first-order chi connectivity index (χ1) is 12.6. The van der Waals surface area contributed by atoms with Crippen molar-refractivity contribution in [2.75, 3.05) is 32.7 Å². The van der Waals surface area contributed by atoms with Gasteiger partial charge in [0.05, 0.1) is 12.6 Å². The van der Waals surface area contributed by atoms with Crippen LogP contribution in [0.3, 0.4) is 0 Å². The van der Waals surface area contributed by atoms with Crippen molar-refractivity contribution in [1.82, 2.24) is 15.1 Å². The van der Waals surface area contributed by atoms with Gasteiger partial charge in [-0.25, -0.2) is 4.79 Å². The first-order valence-electron chi connectivity index (χ1n) is 9.39. The summed E-state index contributed by atoms with van der Waals surface area (Å²) in [6.45, 7) is 10.5. The summed E-state index contributed by atoms with van der Waals surface area (Å²) in [5, 5.41) is 3.70. The SMILES string of the molecule is CC(NC(=O)CN1CCCN(C(=O)OC(C)(C)C)CC1)c1ccc(Cl)cc1. The molecule has 1 atom stereocenters. The molecule has 1 unspecified atom stereocenters. The maximum absolute atomic E-state index is 12.4. The topological polar surface area (TPSA) is 61.9 Å². The lowest BCUT2D eigenvalue weighted by atomic mass is 10.1. The zero-order chi connectivity index (χ0) is 20.0. The lowest BCUT2D eigenvalue weighted by Gasteiger charge is -2.26. The molecule has 7 heteroatoms. The largest absolute Gasteiger partial charge is 0.444 e. The summed E-state index contributed by atoms with van der Waals surface area (Å²) in [5.74, 6) is -0.0248. The number of benzene rings is 1. The Bertz CT molecular complexity index is 643. The van der Waals surface area contributed by atoms with E-state index < -0.39 is 5.60 Å². The third kappa shape index (κ3) is 7.39. The van der Waals surface area contributed by atoms with Crippen molar-refractivity contribution in [2.45, 2.75) is 45.8 Å². The molecule has 1 aliphatic heterocycles. The molecule has 2 rings (SSSR count). The average molecular weight is 396 g/mol. The second kappa shape index (κ2) is 9.42. The zero-order valence-corrected chi connectivity index (χ0v) is 17.4. The number of rotatable bonds is 4. The van der Waals surface area contributed by atoms with Crippen LogP contribution in [0, 0.1) is 0 Å². The lowest BCUT2D eigenvalue weighted by molar-refractivity contribution is -0.122. The van der Waals surface area contributed by atoms with Gasteiger partial charge in [-0.1, -0.05) is 23.7 Å². The fourth-order valence-corrected chi connectivity index (χ4v) is 3.09. The van der Waals surface area contributed by atoms with Gasteiger partial charge in [-0.15, -0.1) is 0 Å². The molecule has 0 spiro atoms. The molecule has 0 radical (unpaired) electrons. The van der Waals surface area contributed by atoms with Crippen molar-refractivity contribution in [3.63, 3.8) is 0 Å². The van der Waals surface area contributed by atoms with Gasteiger partial charge in [0, 0.05) is 31.2 Å². The van der Waals surface area contributed by atoms with Crippen LogP contribution in [0.1, 0.15) is 45.7 Å². The predicted octanol–water partition coefficient (Wildman–Crippen LogP) is 3.46. The standard InChI is InChI=1S/C20H30ClN3O3/c1-15(16-6-8-17(21)9-7-16)22-18(25)14-23-10-5-11-24(13-12-23)19(26)27-20(2,3)4/h6-9,15H,5,10-14H2,1-4H3,(H,22,25). The molecule has 0 saturated carbocycles. The summed E-state index contributed by atoms with van der Waals surface area (Å²) in [4.78, 5) is 28.4. The molecule has 2 amide bonds. The number of ether oxygens (including phenoxy) is 1. The van der Waals surface area contributed by atoms with Gasteiger partial charge >= 0.3 is 6.09 Å². The van der Waals surface area contributed by atoms with E-state index in [1.165, 1.54) is 0 Å². The molecule has 6 nitrogen and oxygen atoms in total. The van der Waals surface area contributed by atoms with Crippen molar-refractivity contribution < 1.29 is 14.3 Å². The van der Waals surface area contributed by atoms with Gasteiger partial charge < -0.3 is 15.0 Å². The quantitative estimate of drug-likeness (QED) is 0.848. The van der Waals surface area contributed by atoms with Crippen LogP contribution in [0.5, 0.6) is 0 Å². The van der Waals surface area contributed by atoms with Gasteiger partial charge in [-0.2, -0.15) is 0 Å². The Labute approximate surface area is 166 Å². The van der Waals surface area contributed by atoms with Crippen LogP contribution < -0.4 is 5.32 Å². The monoisotopic (exact) mass is 395 g/mol. The van der Waals surface area contributed by atoms with Gasteiger partial charge in [0.1, 0.15) is 5.60 Å². The van der Waals surface area contributed by atoms with Crippen LogP contribution in [-0.2, 0) is 9.53 Å². The molecular formula is C20H30ClN3O3. The maximum atomic E-state index is 12.4. The van der Waals surface area contributed by atoms with Gasteiger partial charge in [-0.3, -0.25) is 9.69 Å². The fraction of sp³-hybridized carbons (Fsp3) is 0.600. The van der Waals surface area contributed by atoms with E-state index in [0.29, 0.717) is 31.2 Å². The number of amides is 2. The summed E-state index contributed by atoms with van der Waals surface area (Å²) < 4.78 is 5.44. The highest BCUT2D eigenvalue weighted by atomic mass is 35.5. The number of carbonyl (C=O) groups excluding carboxylic acids is 2. The molecule has 0 aliphatic carbocycles. The van der Waals surface area contributed by atoms with Gasteiger partial charge in [0.2, 0.25) is 5.91 Å². The molecule has 1 fully saturated rings. The van der Waals surface area contributed by atoms with Crippen LogP contribution in [0.15, 0.2) is 24.3 Å². The van der Waals surface area contributed by atoms with E-state index >= 15 is 0 Å². The number of carbonyl (C=O) groups is 2. The number of nitrogens with zero attached hydrogens (tertiary/aromatic N) is 2. The van der Waals surface area contributed by atoms with E-state index in [-0.39, 0.29) is 18.0 Å². The van der Waals surface area contributed by atoms with Crippen molar-refractivity contribution in [3.05, 3.63) is 34.9 Å². The molecule has 1 aromatic carbocycles. The maximum Gasteiger partial charge on any atom is 0.410 e. The minimum Gasteiger partial charge on any atom is -0.444 e. The summed E-state index contributed by atoms with van der Waals surface area (Å²) in [5.41, 5.74) is 0.514. The van der Waals surface area contributed by atoms with Crippen LogP contribution in [0.25, 0.3) is 0 Å². The molecule has 1 saturated heterocycles. The third-order valence-corrected chi connectivity index (χ3v) is 4.61. The Morgan fingerprint density at radius 2 is 1.81 bits per heavy atom. The Morgan fingerprint density at radius 3 is 2.44 bits per heavy atom. The second-order valence-corrected chi connectivity index (χ2v) is 8.37. The summed E-state index contributed by atoms with van der Waals surface area (Å²) >= 11 is 5.90. The average Bonchev–Trinajstić information content (AvgIpc) is 2.79. The highest BCUT2D eigenvalue weighted by Gasteiger charge is 2.25.